The molecule has 0 fully saturated rings. The zero-order valence-electron chi connectivity index (χ0n) is 13.0. The first-order valence-corrected chi connectivity index (χ1v) is 8.29. The second kappa shape index (κ2) is 7.85. The van der Waals surface area contributed by atoms with Gasteiger partial charge in [0, 0.05) is 18.6 Å². The second-order valence-electron chi connectivity index (χ2n) is 5.25. The number of methoxy groups -OCH3 is 1. The summed E-state index contributed by atoms with van der Waals surface area (Å²) in [4.78, 5) is 4.48. The molecule has 1 unspecified atom stereocenters. The van der Waals surface area contributed by atoms with E-state index >= 15 is 0 Å². The zero-order chi connectivity index (χ0) is 15.9. The number of aromatic nitrogens is 2. The number of hydrogen-bond acceptors (Lipinski definition) is 5. The highest BCUT2D eigenvalue weighted by atomic mass is 32.1. The summed E-state index contributed by atoms with van der Waals surface area (Å²) in [5, 5.41) is 4.33. The standard InChI is InChI=1S/C18H19N3OS/c1-22-13-17-20-18(23-21-17)19-16(15-10-6-3-7-11-15)12-14-8-4-2-5-9-14/h2-11,16H,12-13H2,1H3,(H,19,20,21). The first-order chi connectivity index (χ1) is 11.3. The Bertz CT molecular complexity index is 715. The Labute approximate surface area is 140 Å². The number of nitrogens with zero attached hydrogens (tertiary/aromatic N) is 2. The molecule has 0 aliphatic carbocycles. The van der Waals surface area contributed by atoms with E-state index in [1.807, 2.05) is 12.1 Å². The molecule has 0 spiro atoms. The summed E-state index contributed by atoms with van der Waals surface area (Å²) in [6.07, 6.45) is 0.893. The molecule has 1 N–H and O–H groups in total. The van der Waals surface area contributed by atoms with Crippen LogP contribution in [-0.2, 0) is 17.8 Å². The van der Waals surface area contributed by atoms with Crippen LogP contribution in [0.2, 0.25) is 0 Å². The average molecular weight is 325 g/mol. The lowest BCUT2D eigenvalue weighted by atomic mass is 9.99. The third-order valence-electron chi connectivity index (χ3n) is 3.52. The van der Waals surface area contributed by atoms with E-state index in [-0.39, 0.29) is 6.04 Å². The minimum absolute atomic E-state index is 0.155. The van der Waals surface area contributed by atoms with Crippen molar-refractivity contribution in [3.05, 3.63) is 77.6 Å². The van der Waals surface area contributed by atoms with Gasteiger partial charge < -0.3 is 10.1 Å². The maximum atomic E-state index is 5.08. The van der Waals surface area contributed by atoms with Crippen molar-refractivity contribution in [1.29, 1.82) is 0 Å². The molecule has 4 nitrogen and oxygen atoms in total. The van der Waals surface area contributed by atoms with Gasteiger partial charge in [-0.3, -0.25) is 0 Å². The van der Waals surface area contributed by atoms with Crippen LogP contribution < -0.4 is 5.32 Å². The number of ether oxygens (including phenoxy) is 1. The highest BCUT2D eigenvalue weighted by molar-refractivity contribution is 7.09. The summed E-state index contributed by atoms with van der Waals surface area (Å²) >= 11 is 1.37. The third-order valence-corrected chi connectivity index (χ3v) is 4.21. The molecule has 118 valence electrons. The molecule has 23 heavy (non-hydrogen) atoms. The summed E-state index contributed by atoms with van der Waals surface area (Å²) < 4.78 is 9.38. The van der Waals surface area contributed by atoms with Gasteiger partial charge in [-0.25, -0.2) is 4.98 Å². The van der Waals surface area contributed by atoms with Gasteiger partial charge in [0.25, 0.3) is 0 Å². The Morgan fingerprint density at radius 3 is 2.43 bits per heavy atom. The van der Waals surface area contributed by atoms with Gasteiger partial charge in [-0.15, -0.1) is 0 Å². The van der Waals surface area contributed by atoms with Gasteiger partial charge in [0.05, 0.1) is 6.04 Å². The minimum Gasteiger partial charge on any atom is -0.377 e. The average Bonchev–Trinajstić information content (AvgIpc) is 3.04. The van der Waals surface area contributed by atoms with Crippen LogP contribution in [-0.4, -0.2) is 16.5 Å². The van der Waals surface area contributed by atoms with Crippen molar-refractivity contribution in [3.8, 4) is 0 Å². The molecule has 3 aromatic rings. The van der Waals surface area contributed by atoms with E-state index in [2.05, 4.69) is 63.2 Å². The molecule has 0 aliphatic heterocycles. The van der Waals surface area contributed by atoms with Gasteiger partial charge in [-0.2, -0.15) is 4.37 Å². The lowest BCUT2D eigenvalue weighted by molar-refractivity contribution is 0.179. The smallest absolute Gasteiger partial charge is 0.203 e. The van der Waals surface area contributed by atoms with Gasteiger partial charge in [0.15, 0.2) is 5.82 Å². The first-order valence-electron chi connectivity index (χ1n) is 7.52. The second-order valence-corrected chi connectivity index (χ2v) is 6.00. The van der Waals surface area contributed by atoms with Gasteiger partial charge in [0.1, 0.15) is 6.61 Å². The van der Waals surface area contributed by atoms with Crippen LogP contribution in [0.25, 0.3) is 0 Å². The topological polar surface area (TPSA) is 47.0 Å². The summed E-state index contributed by atoms with van der Waals surface area (Å²) in [7, 11) is 1.65. The van der Waals surface area contributed by atoms with Crippen molar-refractivity contribution in [2.45, 2.75) is 19.1 Å². The predicted molar refractivity (Wildman–Crippen MR) is 93.6 cm³/mol. The molecule has 0 aliphatic rings. The fraction of sp³-hybridized carbons (Fsp3) is 0.222. The van der Waals surface area contributed by atoms with Gasteiger partial charge >= 0.3 is 0 Å². The summed E-state index contributed by atoms with van der Waals surface area (Å²) in [5.74, 6) is 0.714. The normalized spacial score (nSPS) is 12.0. The van der Waals surface area contributed by atoms with E-state index < -0.39 is 0 Å². The van der Waals surface area contributed by atoms with Crippen molar-refractivity contribution in [2.75, 3.05) is 12.4 Å². The van der Waals surface area contributed by atoms with E-state index in [9.17, 15) is 0 Å². The molecular weight excluding hydrogens is 306 g/mol. The van der Waals surface area contributed by atoms with Gasteiger partial charge in [-0.1, -0.05) is 60.7 Å². The van der Waals surface area contributed by atoms with Crippen molar-refractivity contribution in [3.63, 3.8) is 0 Å². The Hall–Kier alpha value is -2.24. The Morgan fingerprint density at radius 1 is 1.04 bits per heavy atom. The van der Waals surface area contributed by atoms with Crippen LogP contribution in [0.3, 0.4) is 0 Å². The van der Waals surface area contributed by atoms with Gasteiger partial charge in [-0.05, 0) is 17.5 Å². The summed E-state index contributed by atoms with van der Waals surface area (Å²) in [5.41, 5.74) is 2.52. The maximum absolute atomic E-state index is 5.08. The number of rotatable bonds is 7. The number of nitrogens with one attached hydrogen (secondary N) is 1. The summed E-state index contributed by atoms with van der Waals surface area (Å²) in [6.45, 7) is 0.437. The molecular formula is C18H19N3OS. The molecule has 0 radical (unpaired) electrons. The Kier molecular flexibility index (Phi) is 5.34. The first kappa shape index (κ1) is 15.6. The maximum Gasteiger partial charge on any atom is 0.203 e. The van der Waals surface area contributed by atoms with Crippen molar-refractivity contribution in [1.82, 2.24) is 9.36 Å². The van der Waals surface area contributed by atoms with E-state index in [0.717, 1.165) is 11.6 Å². The fourth-order valence-corrected chi connectivity index (χ4v) is 3.06. The lowest BCUT2D eigenvalue weighted by Crippen LogP contribution is -2.13. The van der Waals surface area contributed by atoms with Crippen molar-refractivity contribution >= 4 is 16.7 Å². The van der Waals surface area contributed by atoms with Crippen molar-refractivity contribution < 1.29 is 4.74 Å². The minimum atomic E-state index is 0.155. The van der Waals surface area contributed by atoms with Crippen LogP contribution >= 0.6 is 11.5 Å². The van der Waals surface area contributed by atoms with Crippen molar-refractivity contribution in [2.24, 2.45) is 0 Å². The molecule has 3 rings (SSSR count). The fourth-order valence-electron chi connectivity index (χ4n) is 2.44. The van der Waals surface area contributed by atoms with E-state index in [1.54, 1.807) is 7.11 Å². The Balaban J connectivity index is 1.80. The van der Waals surface area contributed by atoms with Crippen LogP contribution in [0.5, 0.6) is 0 Å². The van der Waals surface area contributed by atoms with Crippen LogP contribution in [0.15, 0.2) is 60.7 Å². The monoisotopic (exact) mass is 325 g/mol. The Morgan fingerprint density at radius 2 is 1.74 bits per heavy atom. The third kappa shape index (κ3) is 4.37. The number of benzene rings is 2. The molecule has 2 aromatic carbocycles. The molecule has 1 heterocycles. The number of anilines is 1. The molecule has 0 bridgehead atoms. The number of hydrogen-bond donors (Lipinski definition) is 1. The molecule has 1 aromatic heterocycles. The quantitative estimate of drug-likeness (QED) is 0.711. The zero-order valence-corrected chi connectivity index (χ0v) is 13.8. The van der Waals surface area contributed by atoms with E-state index in [1.165, 1.54) is 22.7 Å². The van der Waals surface area contributed by atoms with E-state index in [4.69, 9.17) is 4.74 Å². The van der Waals surface area contributed by atoms with Crippen LogP contribution in [0, 0.1) is 0 Å². The molecule has 5 heteroatoms. The van der Waals surface area contributed by atoms with E-state index in [0.29, 0.717) is 12.4 Å². The van der Waals surface area contributed by atoms with Crippen LogP contribution in [0.1, 0.15) is 23.0 Å². The molecule has 0 saturated heterocycles. The lowest BCUT2D eigenvalue weighted by Gasteiger charge is -2.18. The highest BCUT2D eigenvalue weighted by Crippen LogP contribution is 2.24. The highest BCUT2D eigenvalue weighted by Gasteiger charge is 2.14. The molecule has 0 amide bonds. The van der Waals surface area contributed by atoms with Gasteiger partial charge in [0.2, 0.25) is 5.13 Å². The summed E-state index contributed by atoms with van der Waals surface area (Å²) in [6, 6.07) is 21.1. The van der Waals surface area contributed by atoms with Crippen LogP contribution in [0.4, 0.5) is 5.13 Å². The predicted octanol–water partition coefficient (Wildman–Crippen LogP) is 4.08. The SMILES string of the molecule is COCc1nsc(NC(Cc2ccccc2)c2ccccc2)n1. The molecule has 0 saturated carbocycles. The molecule has 1 atom stereocenters. The largest absolute Gasteiger partial charge is 0.377 e.